The molecule has 0 bridgehead atoms. The number of allylic oxidation sites excluding steroid dienone is 1. The van der Waals surface area contributed by atoms with Crippen molar-refractivity contribution in [2.45, 2.75) is 37.3 Å². The van der Waals surface area contributed by atoms with Crippen LogP contribution in [0.15, 0.2) is 53.4 Å². The SMILES string of the molecule is COc1c(SC)cccc1C1Oc2ccc(OCSC)c(OC)c2-c2ccc3c(c21)C(C)=CC(C)(C)N3. The van der Waals surface area contributed by atoms with Gasteiger partial charge in [-0.25, -0.2) is 0 Å². The predicted octanol–water partition coefficient (Wildman–Crippen LogP) is 7.88. The first-order chi connectivity index (χ1) is 17.8. The highest BCUT2D eigenvalue weighted by atomic mass is 32.2. The highest BCUT2D eigenvalue weighted by molar-refractivity contribution is 7.98. The zero-order chi connectivity index (χ0) is 26.3. The van der Waals surface area contributed by atoms with Gasteiger partial charge in [-0.3, -0.25) is 0 Å². The van der Waals surface area contributed by atoms with E-state index in [1.807, 2.05) is 18.4 Å². The maximum atomic E-state index is 6.87. The van der Waals surface area contributed by atoms with E-state index in [-0.39, 0.29) is 11.6 Å². The molecule has 0 spiro atoms. The molecule has 3 aromatic rings. The Hall–Kier alpha value is -2.90. The maximum absolute atomic E-state index is 6.87. The molecule has 2 aliphatic rings. The van der Waals surface area contributed by atoms with Gasteiger partial charge in [0.25, 0.3) is 0 Å². The molecule has 0 fully saturated rings. The standard InChI is InChI=1S/C30H33NO4S2/c1-17-15-30(2,3)31-20-12-11-18-25-21(13-14-22(29(25)33-5)34-16-36-6)35-28(26(18)24(17)20)19-9-8-10-23(37-7)27(19)32-4/h8-15,28,31H,16H2,1-7H3. The molecule has 1 N–H and O–H groups in total. The minimum absolute atomic E-state index is 0.152. The van der Waals surface area contributed by atoms with Crippen LogP contribution in [0.25, 0.3) is 16.7 Å². The summed E-state index contributed by atoms with van der Waals surface area (Å²) in [6.45, 7) is 6.55. The van der Waals surface area contributed by atoms with Gasteiger partial charge < -0.3 is 24.3 Å². The van der Waals surface area contributed by atoms with Gasteiger partial charge in [-0.15, -0.1) is 23.5 Å². The molecule has 0 saturated heterocycles. The summed E-state index contributed by atoms with van der Waals surface area (Å²) in [5.74, 6) is 3.52. The fourth-order valence-corrected chi connectivity index (χ4v) is 6.34. The summed E-state index contributed by atoms with van der Waals surface area (Å²) in [5.41, 5.74) is 7.38. The van der Waals surface area contributed by atoms with Crippen LogP contribution in [-0.2, 0) is 0 Å². The lowest BCUT2D eigenvalue weighted by Crippen LogP contribution is -2.32. The Morgan fingerprint density at radius 1 is 0.973 bits per heavy atom. The van der Waals surface area contributed by atoms with Crippen molar-refractivity contribution < 1.29 is 18.9 Å². The van der Waals surface area contributed by atoms with Crippen LogP contribution in [0.5, 0.6) is 23.0 Å². The number of anilines is 1. The molecule has 5 rings (SSSR count). The van der Waals surface area contributed by atoms with Gasteiger partial charge in [0.2, 0.25) is 0 Å². The van der Waals surface area contributed by atoms with Crippen molar-refractivity contribution in [3.63, 3.8) is 0 Å². The topological polar surface area (TPSA) is 49.0 Å². The molecule has 1 unspecified atom stereocenters. The molecule has 0 amide bonds. The number of thioether (sulfide) groups is 2. The monoisotopic (exact) mass is 535 g/mol. The Morgan fingerprint density at radius 3 is 2.46 bits per heavy atom. The van der Waals surface area contributed by atoms with Crippen LogP contribution in [0.1, 0.15) is 43.6 Å². The molecule has 37 heavy (non-hydrogen) atoms. The molecular weight excluding hydrogens is 502 g/mol. The first-order valence-electron chi connectivity index (χ1n) is 12.2. The van der Waals surface area contributed by atoms with E-state index in [1.165, 1.54) is 5.57 Å². The van der Waals surface area contributed by atoms with Gasteiger partial charge in [-0.1, -0.05) is 24.3 Å². The average molecular weight is 536 g/mol. The molecule has 0 aliphatic carbocycles. The van der Waals surface area contributed by atoms with Gasteiger partial charge in [0, 0.05) is 27.3 Å². The summed E-state index contributed by atoms with van der Waals surface area (Å²) >= 11 is 3.29. The minimum atomic E-state index is -0.367. The predicted molar refractivity (Wildman–Crippen MR) is 156 cm³/mol. The van der Waals surface area contributed by atoms with Crippen molar-refractivity contribution in [1.29, 1.82) is 0 Å². The quantitative estimate of drug-likeness (QED) is 0.244. The zero-order valence-electron chi connectivity index (χ0n) is 22.4. The first kappa shape index (κ1) is 25.7. The number of rotatable bonds is 7. The first-order valence-corrected chi connectivity index (χ1v) is 14.8. The summed E-state index contributed by atoms with van der Waals surface area (Å²) in [7, 11) is 3.41. The Morgan fingerprint density at radius 2 is 1.76 bits per heavy atom. The molecule has 5 nitrogen and oxygen atoms in total. The Bertz CT molecular complexity index is 1380. The van der Waals surface area contributed by atoms with Crippen LogP contribution in [0.2, 0.25) is 0 Å². The van der Waals surface area contributed by atoms with Crippen LogP contribution in [0, 0.1) is 0 Å². The van der Waals surface area contributed by atoms with Crippen LogP contribution in [-0.4, -0.2) is 38.2 Å². The van der Waals surface area contributed by atoms with E-state index in [0.29, 0.717) is 17.4 Å². The second-order valence-corrected chi connectivity index (χ2v) is 11.4. The highest BCUT2D eigenvalue weighted by Gasteiger charge is 2.38. The van der Waals surface area contributed by atoms with E-state index in [1.54, 1.807) is 37.7 Å². The molecule has 0 aromatic heterocycles. The largest absolute Gasteiger partial charge is 0.495 e. The van der Waals surface area contributed by atoms with Crippen LogP contribution < -0.4 is 24.3 Å². The van der Waals surface area contributed by atoms with Crippen LogP contribution in [0.3, 0.4) is 0 Å². The highest BCUT2D eigenvalue weighted by Crippen LogP contribution is 2.56. The normalized spacial score (nSPS) is 16.8. The number of ether oxygens (including phenoxy) is 4. The third-order valence-corrected chi connectivity index (χ3v) is 7.90. The number of hydrogen-bond acceptors (Lipinski definition) is 7. The van der Waals surface area contributed by atoms with Crippen molar-refractivity contribution in [2.24, 2.45) is 0 Å². The van der Waals surface area contributed by atoms with E-state index in [4.69, 9.17) is 18.9 Å². The molecule has 3 aromatic carbocycles. The molecule has 1 atom stereocenters. The van der Waals surface area contributed by atoms with Crippen molar-refractivity contribution in [3.8, 4) is 34.1 Å². The molecule has 194 valence electrons. The van der Waals surface area contributed by atoms with Gasteiger partial charge >= 0.3 is 0 Å². The van der Waals surface area contributed by atoms with Crippen LogP contribution in [0.4, 0.5) is 5.69 Å². The zero-order valence-corrected chi connectivity index (χ0v) is 24.0. The summed E-state index contributed by atoms with van der Waals surface area (Å²) in [5, 5.41) is 3.71. The van der Waals surface area contributed by atoms with Gasteiger partial charge in [0.05, 0.1) is 25.3 Å². The van der Waals surface area contributed by atoms with E-state index < -0.39 is 0 Å². The maximum Gasteiger partial charge on any atom is 0.172 e. The summed E-state index contributed by atoms with van der Waals surface area (Å²) < 4.78 is 24.8. The van der Waals surface area contributed by atoms with Crippen LogP contribution >= 0.6 is 23.5 Å². The second-order valence-electron chi connectivity index (χ2n) is 9.72. The van der Waals surface area contributed by atoms with E-state index in [0.717, 1.165) is 49.9 Å². The van der Waals surface area contributed by atoms with Gasteiger partial charge in [-0.05, 0) is 68.7 Å². The van der Waals surface area contributed by atoms with Crippen molar-refractivity contribution in [1.82, 2.24) is 0 Å². The Labute approximate surface area is 227 Å². The molecule has 2 heterocycles. The van der Waals surface area contributed by atoms with Gasteiger partial charge in [0.1, 0.15) is 17.4 Å². The van der Waals surface area contributed by atoms with Gasteiger partial charge in [0.15, 0.2) is 17.6 Å². The number of hydrogen-bond donors (Lipinski definition) is 1. The Kier molecular flexibility index (Phi) is 7.03. The lowest BCUT2D eigenvalue weighted by molar-refractivity contribution is 0.233. The number of para-hydroxylation sites is 1. The van der Waals surface area contributed by atoms with Crippen molar-refractivity contribution >= 4 is 34.8 Å². The number of fused-ring (bicyclic) bond motifs is 5. The number of methoxy groups -OCH3 is 2. The third-order valence-electron chi connectivity index (χ3n) is 6.79. The lowest BCUT2D eigenvalue weighted by Gasteiger charge is -2.38. The third kappa shape index (κ3) is 4.42. The van der Waals surface area contributed by atoms with Crippen molar-refractivity contribution in [2.75, 3.05) is 38.0 Å². The summed E-state index contributed by atoms with van der Waals surface area (Å²) in [6.07, 6.45) is 6.00. The smallest absolute Gasteiger partial charge is 0.172 e. The lowest BCUT2D eigenvalue weighted by atomic mass is 9.80. The summed E-state index contributed by atoms with van der Waals surface area (Å²) in [6, 6.07) is 14.5. The molecular formula is C30H33NO4S2. The molecule has 2 aliphatic heterocycles. The van der Waals surface area contributed by atoms with Crippen molar-refractivity contribution in [3.05, 3.63) is 65.2 Å². The van der Waals surface area contributed by atoms with E-state index in [2.05, 4.69) is 68.8 Å². The number of nitrogens with one attached hydrogen (secondary N) is 1. The van der Waals surface area contributed by atoms with E-state index >= 15 is 0 Å². The average Bonchev–Trinajstić information content (AvgIpc) is 2.89. The fourth-order valence-electron chi connectivity index (χ4n) is 5.50. The molecule has 0 saturated carbocycles. The Balaban J connectivity index is 1.82. The molecule has 7 heteroatoms. The minimum Gasteiger partial charge on any atom is -0.495 e. The van der Waals surface area contributed by atoms with Gasteiger partial charge in [-0.2, -0.15) is 0 Å². The fraction of sp³-hybridized carbons (Fsp3) is 0.333. The second kappa shape index (κ2) is 10.1. The molecule has 0 radical (unpaired) electrons. The summed E-state index contributed by atoms with van der Waals surface area (Å²) in [4.78, 5) is 1.07. The van der Waals surface area contributed by atoms with E-state index in [9.17, 15) is 0 Å². The number of benzene rings is 3.